The zero-order valence-corrected chi connectivity index (χ0v) is 13.5. The van der Waals surface area contributed by atoms with Crippen LogP contribution in [0.4, 0.5) is 0 Å². The molecule has 1 aromatic heterocycles. The van der Waals surface area contributed by atoms with Crippen molar-refractivity contribution < 1.29 is 8.42 Å². The van der Waals surface area contributed by atoms with E-state index in [4.69, 9.17) is 0 Å². The lowest BCUT2D eigenvalue weighted by Crippen LogP contribution is -2.35. The average Bonchev–Trinajstić information content (AvgIpc) is 2.52. The number of aryl methyl sites for hydroxylation is 2. The molecule has 0 aliphatic heterocycles. The SMILES string of the molecule is Cc1ccc(S(=O)(=O)Nn2c(C)nc3ccccc3c2=O)cc1. The molecule has 23 heavy (non-hydrogen) atoms. The molecule has 3 aromatic rings. The first-order valence-corrected chi connectivity index (χ1v) is 8.45. The Morgan fingerprint density at radius 2 is 1.65 bits per heavy atom. The van der Waals surface area contributed by atoms with Gasteiger partial charge in [-0.15, -0.1) is 0 Å². The Labute approximate surface area is 133 Å². The van der Waals surface area contributed by atoms with Crippen LogP contribution in [-0.4, -0.2) is 18.1 Å². The zero-order chi connectivity index (χ0) is 16.6. The molecule has 7 heteroatoms. The second kappa shape index (κ2) is 5.51. The van der Waals surface area contributed by atoms with Crippen molar-refractivity contribution in [1.29, 1.82) is 0 Å². The molecule has 0 amide bonds. The lowest BCUT2D eigenvalue weighted by Gasteiger charge is -2.13. The van der Waals surface area contributed by atoms with Crippen molar-refractivity contribution in [2.75, 3.05) is 4.83 Å². The van der Waals surface area contributed by atoms with Crippen LogP contribution in [0.1, 0.15) is 11.4 Å². The number of rotatable bonds is 3. The van der Waals surface area contributed by atoms with Crippen molar-refractivity contribution in [2.45, 2.75) is 18.7 Å². The molecule has 3 rings (SSSR count). The molecule has 0 aliphatic carbocycles. The van der Waals surface area contributed by atoms with Gasteiger partial charge in [0, 0.05) is 0 Å². The predicted octanol–water partition coefficient (Wildman–Crippen LogP) is 1.95. The fourth-order valence-electron chi connectivity index (χ4n) is 2.24. The van der Waals surface area contributed by atoms with Crippen molar-refractivity contribution in [3.05, 3.63) is 70.3 Å². The lowest BCUT2D eigenvalue weighted by molar-refractivity contribution is 0.593. The third kappa shape index (κ3) is 2.83. The summed E-state index contributed by atoms with van der Waals surface area (Å²) >= 11 is 0. The molecule has 0 aliphatic rings. The maximum absolute atomic E-state index is 12.5. The van der Waals surface area contributed by atoms with Crippen molar-refractivity contribution >= 4 is 20.9 Å². The minimum Gasteiger partial charge on any atom is -0.267 e. The molecule has 0 fully saturated rings. The van der Waals surface area contributed by atoms with Gasteiger partial charge in [0.05, 0.1) is 15.8 Å². The molecule has 0 unspecified atom stereocenters. The minimum atomic E-state index is -3.87. The fourth-order valence-corrected chi connectivity index (χ4v) is 3.30. The number of para-hydroxylation sites is 1. The summed E-state index contributed by atoms with van der Waals surface area (Å²) in [6.45, 7) is 3.44. The van der Waals surface area contributed by atoms with E-state index in [1.807, 2.05) is 6.92 Å². The number of nitrogens with zero attached hydrogens (tertiary/aromatic N) is 2. The average molecular weight is 329 g/mol. The van der Waals surface area contributed by atoms with E-state index in [0.29, 0.717) is 10.9 Å². The van der Waals surface area contributed by atoms with Crippen LogP contribution in [0.25, 0.3) is 10.9 Å². The zero-order valence-electron chi connectivity index (χ0n) is 12.6. The molecule has 0 radical (unpaired) electrons. The van der Waals surface area contributed by atoms with E-state index in [-0.39, 0.29) is 10.7 Å². The van der Waals surface area contributed by atoms with Crippen LogP contribution < -0.4 is 10.4 Å². The third-order valence-electron chi connectivity index (χ3n) is 3.49. The third-order valence-corrected chi connectivity index (χ3v) is 4.80. The Morgan fingerprint density at radius 3 is 2.35 bits per heavy atom. The van der Waals surface area contributed by atoms with Crippen molar-refractivity contribution in [3.63, 3.8) is 0 Å². The second-order valence-electron chi connectivity index (χ2n) is 5.22. The van der Waals surface area contributed by atoms with Gasteiger partial charge >= 0.3 is 0 Å². The topological polar surface area (TPSA) is 81.1 Å². The Kier molecular flexibility index (Phi) is 3.65. The van der Waals surface area contributed by atoms with Gasteiger partial charge in [0.2, 0.25) is 0 Å². The van der Waals surface area contributed by atoms with Gasteiger partial charge in [0.1, 0.15) is 5.82 Å². The number of hydrogen-bond acceptors (Lipinski definition) is 4. The molecule has 1 heterocycles. The van der Waals surface area contributed by atoms with Gasteiger partial charge in [0.15, 0.2) is 0 Å². The molecule has 0 atom stereocenters. The summed E-state index contributed by atoms with van der Waals surface area (Å²) in [5.74, 6) is 0.268. The number of fused-ring (bicyclic) bond motifs is 1. The summed E-state index contributed by atoms with van der Waals surface area (Å²) < 4.78 is 25.9. The van der Waals surface area contributed by atoms with Crippen LogP contribution >= 0.6 is 0 Å². The van der Waals surface area contributed by atoms with Crippen molar-refractivity contribution in [2.24, 2.45) is 0 Å². The highest BCUT2D eigenvalue weighted by molar-refractivity contribution is 7.92. The predicted molar refractivity (Wildman–Crippen MR) is 88.5 cm³/mol. The number of aromatic nitrogens is 2. The number of nitrogens with one attached hydrogen (secondary N) is 1. The summed E-state index contributed by atoms with van der Waals surface area (Å²) in [7, 11) is -3.87. The quantitative estimate of drug-likeness (QED) is 0.796. The first kappa shape index (κ1) is 15.2. The molecule has 0 saturated heterocycles. The summed E-state index contributed by atoms with van der Waals surface area (Å²) in [5, 5.41) is 0.352. The van der Waals surface area contributed by atoms with Crippen molar-refractivity contribution in [3.8, 4) is 0 Å². The highest BCUT2D eigenvalue weighted by Gasteiger charge is 2.17. The highest BCUT2D eigenvalue weighted by atomic mass is 32.2. The van der Waals surface area contributed by atoms with Gasteiger partial charge < -0.3 is 0 Å². The van der Waals surface area contributed by atoms with Gasteiger partial charge in [-0.3, -0.25) is 4.79 Å². The van der Waals surface area contributed by atoms with E-state index in [1.165, 1.54) is 12.1 Å². The van der Waals surface area contributed by atoms with Crippen LogP contribution in [0, 0.1) is 13.8 Å². The van der Waals surface area contributed by atoms with Crippen LogP contribution in [-0.2, 0) is 10.0 Å². The largest absolute Gasteiger partial charge is 0.280 e. The molecule has 2 aromatic carbocycles. The molecular weight excluding hydrogens is 314 g/mol. The first-order valence-electron chi connectivity index (χ1n) is 6.96. The summed E-state index contributed by atoms with van der Waals surface area (Å²) in [6, 6.07) is 13.2. The smallest absolute Gasteiger partial charge is 0.267 e. The maximum atomic E-state index is 12.5. The van der Waals surface area contributed by atoms with E-state index in [1.54, 1.807) is 43.3 Å². The maximum Gasteiger partial charge on any atom is 0.280 e. The summed E-state index contributed by atoms with van der Waals surface area (Å²) in [4.78, 5) is 19.2. The molecule has 1 N–H and O–H groups in total. The standard InChI is InChI=1S/C16H15N3O3S/c1-11-7-9-13(10-8-11)23(21,22)18-19-12(2)17-15-6-4-3-5-14(15)16(19)20/h3-10,18H,1-2H3. The van der Waals surface area contributed by atoms with E-state index >= 15 is 0 Å². The fraction of sp³-hybridized carbons (Fsp3) is 0.125. The van der Waals surface area contributed by atoms with Crippen LogP contribution in [0.5, 0.6) is 0 Å². The number of sulfonamides is 1. The van der Waals surface area contributed by atoms with Crippen molar-refractivity contribution in [1.82, 2.24) is 9.66 Å². The Hall–Kier alpha value is -2.67. The summed E-state index contributed by atoms with van der Waals surface area (Å²) in [6.07, 6.45) is 0. The highest BCUT2D eigenvalue weighted by Crippen LogP contribution is 2.12. The van der Waals surface area contributed by atoms with Crippen LogP contribution in [0.15, 0.2) is 58.2 Å². The minimum absolute atomic E-state index is 0.0857. The molecule has 0 saturated carbocycles. The van der Waals surface area contributed by atoms with Gasteiger partial charge in [-0.05, 0) is 38.1 Å². The van der Waals surface area contributed by atoms with E-state index in [0.717, 1.165) is 10.2 Å². The Balaban J connectivity index is 2.11. The van der Waals surface area contributed by atoms with Crippen LogP contribution in [0.3, 0.4) is 0 Å². The van der Waals surface area contributed by atoms with Gasteiger partial charge in [0.25, 0.3) is 15.6 Å². The van der Waals surface area contributed by atoms with Gasteiger partial charge in [-0.1, -0.05) is 29.8 Å². The van der Waals surface area contributed by atoms with Gasteiger partial charge in [-0.25, -0.2) is 9.82 Å². The van der Waals surface area contributed by atoms with Crippen LogP contribution in [0.2, 0.25) is 0 Å². The van der Waals surface area contributed by atoms with E-state index in [9.17, 15) is 13.2 Å². The first-order chi connectivity index (χ1) is 10.9. The van der Waals surface area contributed by atoms with Gasteiger partial charge in [-0.2, -0.15) is 13.1 Å². The number of benzene rings is 2. The van der Waals surface area contributed by atoms with E-state index in [2.05, 4.69) is 9.82 Å². The molecule has 0 bridgehead atoms. The monoisotopic (exact) mass is 329 g/mol. The second-order valence-corrected chi connectivity index (χ2v) is 6.89. The summed E-state index contributed by atoms with van der Waals surface area (Å²) in [5.41, 5.74) is 1.02. The lowest BCUT2D eigenvalue weighted by atomic mass is 10.2. The molecule has 118 valence electrons. The molecular formula is C16H15N3O3S. The normalized spacial score (nSPS) is 11.6. The molecule has 6 nitrogen and oxygen atoms in total. The molecule has 0 spiro atoms. The van der Waals surface area contributed by atoms with E-state index < -0.39 is 15.6 Å². The number of hydrogen-bond donors (Lipinski definition) is 1. The Morgan fingerprint density at radius 1 is 1.00 bits per heavy atom. The Bertz CT molecular complexity index is 1040.